The Labute approximate surface area is 94.0 Å². The highest BCUT2D eigenvalue weighted by molar-refractivity contribution is 7.99. The smallest absolute Gasteiger partial charge is 0.0453 e. The van der Waals surface area contributed by atoms with Gasteiger partial charge in [-0.25, -0.2) is 0 Å². The number of hydrogen-bond acceptors (Lipinski definition) is 2. The van der Waals surface area contributed by atoms with Crippen LogP contribution in [-0.4, -0.2) is 5.75 Å². The number of hydrogen-bond donors (Lipinski definition) is 1. The fourth-order valence-electron chi connectivity index (χ4n) is 0.970. The molecule has 2 N–H and O–H groups in total. The Morgan fingerprint density at radius 1 is 1.50 bits per heavy atom. The Hall–Kier alpha value is -0.780. The molecule has 1 rings (SSSR count). The van der Waals surface area contributed by atoms with Gasteiger partial charge < -0.3 is 5.73 Å². The highest BCUT2D eigenvalue weighted by Crippen LogP contribution is 2.28. The van der Waals surface area contributed by atoms with Gasteiger partial charge >= 0.3 is 0 Å². The minimum Gasteiger partial charge on any atom is -0.398 e. The van der Waals surface area contributed by atoms with Gasteiger partial charge in [0, 0.05) is 27.8 Å². The summed E-state index contributed by atoms with van der Waals surface area (Å²) in [5.41, 5.74) is 6.57. The van der Waals surface area contributed by atoms with Crippen molar-refractivity contribution in [3.8, 4) is 11.8 Å². The molecule has 0 aliphatic heterocycles. The quantitative estimate of drug-likeness (QED) is 0.369. The number of halogens is 1. The van der Waals surface area contributed by atoms with E-state index in [9.17, 15) is 0 Å². The second kappa shape index (κ2) is 5.85. The normalized spacial score (nSPS) is 9.29. The van der Waals surface area contributed by atoms with Crippen LogP contribution in [0.1, 0.15) is 13.3 Å². The third kappa shape index (κ3) is 3.53. The average molecular weight is 226 g/mol. The van der Waals surface area contributed by atoms with Crippen LogP contribution in [0.25, 0.3) is 0 Å². The second-order valence-corrected chi connectivity index (χ2v) is 4.28. The van der Waals surface area contributed by atoms with E-state index in [0.717, 1.165) is 27.8 Å². The van der Waals surface area contributed by atoms with E-state index in [1.165, 1.54) is 0 Å². The number of nitrogen functional groups attached to an aromatic ring is 1. The third-order valence-electron chi connectivity index (χ3n) is 1.64. The molecule has 1 aromatic carbocycles. The molecule has 0 spiro atoms. The summed E-state index contributed by atoms with van der Waals surface area (Å²) in [6.45, 7) is 1.85. The van der Waals surface area contributed by atoms with Crippen LogP contribution in [0.5, 0.6) is 0 Å². The number of rotatable bonds is 3. The molecule has 0 radical (unpaired) electrons. The van der Waals surface area contributed by atoms with Crippen LogP contribution in [0, 0.1) is 11.8 Å². The number of thioether (sulfide) groups is 1. The van der Waals surface area contributed by atoms with Gasteiger partial charge in [0.25, 0.3) is 0 Å². The molecule has 0 atom stereocenters. The lowest BCUT2D eigenvalue weighted by Gasteiger charge is -2.03. The Balaban J connectivity index is 2.56. The van der Waals surface area contributed by atoms with Gasteiger partial charge in [-0.1, -0.05) is 11.6 Å². The maximum absolute atomic E-state index is 5.86. The van der Waals surface area contributed by atoms with Crippen molar-refractivity contribution in [3.05, 3.63) is 23.2 Å². The summed E-state index contributed by atoms with van der Waals surface area (Å²) in [4.78, 5) is 1.04. The number of benzene rings is 1. The van der Waals surface area contributed by atoms with Gasteiger partial charge in [-0.05, 0) is 25.1 Å². The van der Waals surface area contributed by atoms with E-state index in [1.807, 2.05) is 19.1 Å². The molecule has 14 heavy (non-hydrogen) atoms. The zero-order chi connectivity index (χ0) is 10.4. The van der Waals surface area contributed by atoms with Crippen molar-refractivity contribution in [2.24, 2.45) is 0 Å². The molecule has 3 heteroatoms. The zero-order valence-electron chi connectivity index (χ0n) is 8.01. The largest absolute Gasteiger partial charge is 0.398 e. The number of anilines is 1. The lowest BCUT2D eigenvalue weighted by molar-refractivity contribution is 1.29. The van der Waals surface area contributed by atoms with E-state index in [1.54, 1.807) is 17.8 Å². The van der Waals surface area contributed by atoms with Crippen molar-refractivity contribution >= 4 is 29.1 Å². The van der Waals surface area contributed by atoms with E-state index < -0.39 is 0 Å². The summed E-state index contributed by atoms with van der Waals surface area (Å²) in [6, 6.07) is 5.52. The summed E-state index contributed by atoms with van der Waals surface area (Å²) < 4.78 is 0. The van der Waals surface area contributed by atoms with Crippen LogP contribution in [0.15, 0.2) is 23.1 Å². The zero-order valence-corrected chi connectivity index (χ0v) is 9.58. The maximum atomic E-state index is 5.86. The molecule has 0 saturated carbocycles. The standard InChI is InChI=1S/C11H12ClNS/c1-2-3-4-7-14-11-8-9(12)5-6-10(11)13/h5-6,8H,4,7,13H2,1H3. The van der Waals surface area contributed by atoms with Gasteiger partial charge in [-0.15, -0.1) is 23.6 Å². The van der Waals surface area contributed by atoms with E-state index in [-0.39, 0.29) is 0 Å². The molecule has 0 amide bonds. The molecule has 0 unspecified atom stereocenters. The minimum atomic E-state index is 0.725. The predicted molar refractivity (Wildman–Crippen MR) is 64.7 cm³/mol. The molecule has 1 nitrogen and oxygen atoms in total. The maximum Gasteiger partial charge on any atom is 0.0453 e. The summed E-state index contributed by atoms with van der Waals surface area (Å²) in [6.07, 6.45) is 0.882. The van der Waals surface area contributed by atoms with Crippen molar-refractivity contribution in [1.29, 1.82) is 0 Å². The van der Waals surface area contributed by atoms with Crippen LogP contribution in [0.3, 0.4) is 0 Å². The van der Waals surface area contributed by atoms with Gasteiger partial charge in [-0.3, -0.25) is 0 Å². The summed E-state index contributed by atoms with van der Waals surface area (Å²) in [5.74, 6) is 6.82. The van der Waals surface area contributed by atoms with Gasteiger partial charge in [0.2, 0.25) is 0 Å². The summed E-state index contributed by atoms with van der Waals surface area (Å²) in [7, 11) is 0. The monoisotopic (exact) mass is 225 g/mol. The van der Waals surface area contributed by atoms with Crippen LogP contribution in [0.2, 0.25) is 5.02 Å². The minimum absolute atomic E-state index is 0.725. The van der Waals surface area contributed by atoms with E-state index >= 15 is 0 Å². The molecule has 0 aromatic heterocycles. The van der Waals surface area contributed by atoms with Gasteiger partial charge in [0.05, 0.1) is 0 Å². The lowest BCUT2D eigenvalue weighted by Crippen LogP contribution is -1.88. The van der Waals surface area contributed by atoms with Crippen molar-refractivity contribution in [1.82, 2.24) is 0 Å². The van der Waals surface area contributed by atoms with Crippen molar-refractivity contribution in [2.75, 3.05) is 11.5 Å². The van der Waals surface area contributed by atoms with Gasteiger partial charge in [0.15, 0.2) is 0 Å². The fraction of sp³-hybridized carbons (Fsp3) is 0.273. The first-order valence-electron chi connectivity index (χ1n) is 4.31. The van der Waals surface area contributed by atoms with Crippen molar-refractivity contribution in [2.45, 2.75) is 18.2 Å². The molecule has 0 aliphatic rings. The highest BCUT2D eigenvalue weighted by atomic mass is 35.5. The van der Waals surface area contributed by atoms with E-state index in [0.29, 0.717) is 0 Å². The molecule has 0 fully saturated rings. The summed E-state index contributed by atoms with van der Waals surface area (Å²) >= 11 is 7.55. The Kier molecular flexibility index (Phi) is 4.72. The highest BCUT2D eigenvalue weighted by Gasteiger charge is 1.99. The molecular weight excluding hydrogens is 214 g/mol. The van der Waals surface area contributed by atoms with Crippen molar-refractivity contribution in [3.63, 3.8) is 0 Å². The molecule has 0 bridgehead atoms. The lowest BCUT2D eigenvalue weighted by atomic mass is 10.3. The first-order chi connectivity index (χ1) is 6.74. The van der Waals surface area contributed by atoms with E-state index in [2.05, 4.69) is 11.8 Å². The van der Waals surface area contributed by atoms with Crippen molar-refractivity contribution < 1.29 is 0 Å². The second-order valence-electron chi connectivity index (χ2n) is 2.71. The van der Waals surface area contributed by atoms with E-state index in [4.69, 9.17) is 17.3 Å². The third-order valence-corrected chi connectivity index (χ3v) is 2.94. The first-order valence-corrected chi connectivity index (χ1v) is 5.68. The predicted octanol–water partition coefficient (Wildman–Crippen LogP) is 3.43. The molecular formula is C11H12ClNS. The first kappa shape index (κ1) is 11.3. The molecule has 0 aliphatic carbocycles. The Bertz CT molecular complexity index is 365. The van der Waals surface area contributed by atoms with Crippen LogP contribution in [0.4, 0.5) is 5.69 Å². The van der Waals surface area contributed by atoms with Crippen LogP contribution < -0.4 is 5.73 Å². The van der Waals surface area contributed by atoms with Gasteiger partial charge in [0.1, 0.15) is 0 Å². The Morgan fingerprint density at radius 2 is 2.29 bits per heavy atom. The van der Waals surface area contributed by atoms with Crippen LogP contribution >= 0.6 is 23.4 Å². The average Bonchev–Trinajstić information content (AvgIpc) is 2.18. The summed E-state index contributed by atoms with van der Waals surface area (Å²) in [5, 5.41) is 0.725. The molecule has 0 heterocycles. The van der Waals surface area contributed by atoms with Crippen LogP contribution in [-0.2, 0) is 0 Å². The molecule has 1 aromatic rings. The Morgan fingerprint density at radius 3 is 3.00 bits per heavy atom. The number of nitrogens with two attached hydrogens (primary N) is 1. The molecule has 74 valence electrons. The van der Waals surface area contributed by atoms with Gasteiger partial charge in [-0.2, -0.15) is 0 Å². The topological polar surface area (TPSA) is 26.0 Å². The fourth-order valence-corrected chi connectivity index (χ4v) is 2.08. The SMILES string of the molecule is CC#CCCSc1cc(Cl)ccc1N. The molecule has 0 saturated heterocycles.